The summed E-state index contributed by atoms with van der Waals surface area (Å²) in [4.78, 5) is 22.4. The Kier molecular flexibility index (Phi) is 12.7. The lowest BCUT2D eigenvalue weighted by molar-refractivity contribution is -0.180. The summed E-state index contributed by atoms with van der Waals surface area (Å²) in [6, 6.07) is 0. The maximum Gasteiger partial charge on any atom is 0.340 e. The van der Waals surface area contributed by atoms with Crippen molar-refractivity contribution in [1.29, 1.82) is 0 Å². The van der Waals surface area contributed by atoms with Crippen molar-refractivity contribution in [1.82, 2.24) is 0 Å². The summed E-state index contributed by atoms with van der Waals surface area (Å²) in [5, 5.41) is 0. The third kappa shape index (κ3) is 12.4. The van der Waals surface area contributed by atoms with Crippen molar-refractivity contribution >= 4 is 23.5 Å². The molecular formula is C15H23ClF4O4. The summed E-state index contributed by atoms with van der Waals surface area (Å²) in [5.41, 5.74) is 0. The number of unbranched alkanes of at least 4 members (excludes halogenated alkanes) is 5. The third-order valence-corrected chi connectivity index (χ3v) is 3.34. The standard InChI is InChI=1S/C15H23ClF4O4/c16-9-5-3-1-2-4-6-10-23-12(21)7-8-13(22)24-11-15(19,20)14(17)18/h14H,1-11H2. The zero-order valence-corrected chi connectivity index (χ0v) is 14.1. The number of alkyl halides is 5. The summed E-state index contributed by atoms with van der Waals surface area (Å²) in [5.74, 6) is -5.54. The van der Waals surface area contributed by atoms with E-state index in [9.17, 15) is 27.2 Å². The minimum atomic E-state index is -4.39. The minimum Gasteiger partial charge on any atom is -0.466 e. The van der Waals surface area contributed by atoms with Gasteiger partial charge in [-0.15, -0.1) is 11.6 Å². The smallest absolute Gasteiger partial charge is 0.340 e. The van der Waals surface area contributed by atoms with Crippen LogP contribution in [0.5, 0.6) is 0 Å². The Hall–Kier alpha value is -1.05. The first-order valence-electron chi connectivity index (χ1n) is 7.82. The van der Waals surface area contributed by atoms with Crippen LogP contribution >= 0.6 is 11.6 Å². The molecule has 0 unspecified atom stereocenters. The Morgan fingerprint density at radius 1 is 0.875 bits per heavy atom. The van der Waals surface area contributed by atoms with Crippen LogP contribution in [0.3, 0.4) is 0 Å². The number of carbonyl (C=O) groups is 2. The van der Waals surface area contributed by atoms with Crippen molar-refractivity contribution < 1.29 is 36.6 Å². The van der Waals surface area contributed by atoms with E-state index >= 15 is 0 Å². The molecule has 0 saturated heterocycles. The molecule has 0 aliphatic heterocycles. The van der Waals surface area contributed by atoms with Gasteiger partial charge < -0.3 is 9.47 Å². The predicted octanol–water partition coefficient (Wildman–Crippen LogP) is 4.33. The molecule has 0 aliphatic carbocycles. The number of rotatable bonds is 14. The first kappa shape index (κ1) is 22.9. The zero-order valence-electron chi connectivity index (χ0n) is 13.4. The molecule has 0 spiro atoms. The van der Waals surface area contributed by atoms with Crippen molar-refractivity contribution in [2.24, 2.45) is 0 Å². The fraction of sp³-hybridized carbons (Fsp3) is 0.867. The van der Waals surface area contributed by atoms with Crippen LogP contribution in [0.2, 0.25) is 0 Å². The van der Waals surface area contributed by atoms with E-state index in [4.69, 9.17) is 16.3 Å². The highest BCUT2D eigenvalue weighted by Crippen LogP contribution is 2.23. The Morgan fingerprint density at radius 3 is 1.92 bits per heavy atom. The average molecular weight is 379 g/mol. The van der Waals surface area contributed by atoms with E-state index in [1.54, 1.807) is 0 Å². The van der Waals surface area contributed by atoms with E-state index < -0.39 is 37.3 Å². The molecule has 0 aromatic heterocycles. The van der Waals surface area contributed by atoms with E-state index in [0.29, 0.717) is 12.3 Å². The van der Waals surface area contributed by atoms with Gasteiger partial charge in [-0.3, -0.25) is 9.59 Å². The van der Waals surface area contributed by atoms with Gasteiger partial charge in [-0.05, 0) is 12.8 Å². The molecule has 0 aliphatic rings. The molecule has 0 bridgehead atoms. The molecule has 0 heterocycles. The monoisotopic (exact) mass is 378 g/mol. The third-order valence-electron chi connectivity index (χ3n) is 3.07. The van der Waals surface area contributed by atoms with Crippen LogP contribution in [-0.4, -0.2) is 43.4 Å². The van der Waals surface area contributed by atoms with Gasteiger partial charge in [0.15, 0.2) is 6.61 Å². The first-order chi connectivity index (χ1) is 11.3. The lowest BCUT2D eigenvalue weighted by atomic mass is 10.1. The van der Waals surface area contributed by atoms with Crippen LogP contribution in [0, 0.1) is 0 Å². The lowest BCUT2D eigenvalue weighted by Crippen LogP contribution is -2.33. The van der Waals surface area contributed by atoms with Gasteiger partial charge in [0.2, 0.25) is 0 Å². The van der Waals surface area contributed by atoms with Crippen LogP contribution in [0.4, 0.5) is 17.6 Å². The van der Waals surface area contributed by atoms with Gasteiger partial charge in [-0.25, -0.2) is 8.78 Å². The summed E-state index contributed by atoms with van der Waals surface area (Å²) < 4.78 is 57.6. The lowest BCUT2D eigenvalue weighted by Gasteiger charge is -2.14. The van der Waals surface area contributed by atoms with Crippen LogP contribution in [-0.2, 0) is 19.1 Å². The Balaban J connectivity index is 3.59. The van der Waals surface area contributed by atoms with Crippen LogP contribution in [0.25, 0.3) is 0 Å². The Bertz CT molecular complexity index is 367. The number of halogens is 5. The highest BCUT2D eigenvalue weighted by molar-refractivity contribution is 6.17. The summed E-state index contributed by atoms with van der Waals surface area (Å²) in [6.07, 6.45) is 0.981. The average Bonchev–Trinajstić information content (AvgIpc) is 2.53. The molecule has 0 aromatic carbocycles. The van der Waals surface area contributed by atoms with Crippen molar-refractivity contribution in [2.45, 2.75) is 63.7 Å². The molecule has 0 saturated carbocycles. The molecular weight excluding hydrogens is 356 g/mol. The zero-order chi connectivity index (χ0) is 18.4. The molecule has 9 heteroatoms. The second kappa shape index (κ2) is 13.3. The van der Waals surface area contributed by atoms with Crippen molar-refractivity contribution in [3.8, 4) is 0 Å². The van der Waals surface area contributed by atoms with E-state index in [0.717, 1.165) is 32.1 Å². The molecule has 0 amide bonds. The summed E-state index contributed by atoms with van der Waals surface area (Å²) in [7, 11) is 0. The van der Waals surface area contributed by atoms with Crippen LogP contribution in [0.15, 0.2) is 0 Å². The van der Waals surface area contributed by atoms with Crippen molar-refractivity contribution in [3.05, 3.63) is 0 Å². The van der Waals surface area contributed by atoms with E-state index in [1.807, 2.05) is 0 Å². The summed E-state index contributed by atoms with van der Waals surface area (Å²) in [6.45, 7) is -1.49. The van der Waals surface area contributed by atoms with Crippen molar-refractivity contribution in [2.75, 3.05) is 19.1 Å². The summed E-state index contributed by atoms with van der Waals surface area (Å²) >= 11 is 5.55. The van der Waals surface area contributed by atoms with Gasteiger partial charge in [0, 0.05) is 5.88 Å². The fourth-order valence-corrected chi connectivity index (χ4v) is 1.87. The minimum absolute atomic E-state index is 0.215. The van der Waals surface area contributed by atoms with Gasteiger partial charge >= 0.3 is 24.3 Å². The van der Waals surface area contributed by atoms with Crippen LogP contribution in [0.1, 0.15) is 51.4 Å². The van der Waals surface area contributed by atoms with E-state index in [-0.39, 0.29) is 13.0 Å². The first-order valence-corrected chi connectivity index (χ1v) is 8.36. The van der Waals surface area contributed by atoms with Gasteiger partial charge in [-0.2, -0.15) is 8.78 Å². The molecule has 0 rings (SSSR count). The molecule has 142 valence electrons. The quantitative estimate of drug-likeness (QED) is 0.195. The number of hydrogen-bond acceptors (Lipinski definition) is 4. The number of carbonyl (C=O) groups excluding carboxylic acids is 2. The number of ether oxygens (including phenoxy) is 2. The predicted molar refractivity (Wildman–Crippen MR) is 80.5 cm³/mol. The van der Waals surface area contributed by atoms with Crippen molar-refractivity contribution in [3.63, 3.8) is 0 Å². The second-order valence-electron chi connectivity index (χ2n) is 5.25. The van der Waals surface area contributed by atoms with Crippen LogP contribution < -0.4 is 0 Å². The van der Waals surface area contributed by atoms with Gasteiger partial charge in [0.25, 0.3) is 0 Å². The Morgan fingerprint density at radius 2 is 1.38 bits per heavy atom. The largest absolute Gasteiger partial charge is 0.466 e. The molecule has 0 radical (unpaired) electrons. The van der Waals surface area contributed by atoms with E-state index in [1.165, 1.54) is 0 Å². The SMILES string of the molecule is O=C(CCC(=O)OCC(F)(F)C(F)F)OCCCCCCCCCl. The molecule has 0 aromatic rings. The maximum absolute atomic E-state index is 12.5. The fourth-order valence-electron chi connectivity index (χ4n) is 1.68. The van der Waals surface area contributed by atoms with Gasteiger partial charge in [0.05, 0.1) is 19.4 Å². The molecule has 0 fully saturated rings. The van der Waals surface area contributed by atoms with Gasteiger partial charge in [-0.1, -0.05) is 25.7 Å². The highest BCUT2D eigenvalue weighted by Gasteiger charge is 2.42. The molecule has 0 N–H and O–H groups in total. The number of esters is 2. The van der Waals surface area contributed by atoms with E-state index in [2.05, 4.69) is 4.74 Å². The molecule has 4 nitrogen and oxygen atoms in total. The Labute approximate surface area is 143 Å². The number of hydrogen-bond donors (Lipinski definition) is 0. The topological polar surface area (TPSA) is 52.6 Å². The maximum atomic E-state index is 12.5. The van der Waals surface area contributed by atoms with Gasteiger partial charge in [0.1, 0.15) is 0 Å². The highest BCUT2D eigenvalue weighted by atomic mass is 35.5. The normalized spacial score (nSPS) is 11.6. The second-order valence-corrected chi connectivity index (χ2v) is 5.63. The molecule has 0 atom stereocenters. The molecule has 24 heavy (non-hydrogen) atoms.